The molecule has 1 aliphatic heterocycles. The second-order valence-electron chi connectivity index (χ2n) is 9.03. The van der Waals surface area contributed by atoms with Crippen LogP contribution in [0.1, 0.15) is 53.2 Å². The van der Waals surface area contributed by atoms with Crippen LogP contribution >= 0.6 is 0 Å². The third kappa shape index (κ3) is 5.94. The summed E-state index contributed by atoms with van der Waals surface area (Å²) in [7, 11) is 0. The van der Waals surface area contributed by atoms with Crippen molar-refractivity contribution >= 4 is 23.5 Å². The number of amides is 2. The maximum Gasteiger partial charge on any atom is 0.336 e. The molecular weight excluding hydrogens is 471 g/mol. The largest absolute Gasteiger partial charge is 0.463 e. The Hall–Kier alpha value is -4.26. The van der Waals surface area contributed by atoms with Crippen molar-refractivity contribution in [1.29, 1.82) is 0 Å². The number of aryl methyl sites for hydroxylation is 1. The first-order valence-corrected chi connectivity index (χ1v) is 12.2. The van der Waals surface area contributed by atoms with Crippen LogP contribution in [0.25, 0.3) is 0 Å². The number of hydrogen-bond donors (Lipinski definition) is 1. The number of nitrogens with one attached hydrogen (secondary N) is 1. The van der Waals surface area contributed by atoms with E-state index in [0.717, 1.165) is 11.1 Å². The number of allylic oxidation sites excluding steroid dienone is 1. The molecule has 1 heterocycles. The minimum absolute atomic E-state index is 0.0463. The number of anilines is 1. The normalized spacial score (nSPS) is 15.5. The summed E-state index contributed by atoms with van der Waals surface area (Å²) in [6.07, 6.45) is 0.0463. The second kappa shape index (κ2) is 11.2. The number of halogens is 1. The lowest BCUT2D eigenvalue weighted by Crippen LogP contribution is -2.38. The molecule has 0 radical (unpaired) electrons. The van der Waals surface area contributed by atoms with Crippen molar-refractivity contribution in [2.75, 3.05) is 11.9 Å². The molecule has 0 fully saturated rings. The van der Waals surface area contributed by atoms with Gasteiger partial charge in [-0.2, -0.15) is 0 Å². The van der Waals surface area contributed by atoms with Gasteiger partial charge in [0.25, 0.3) is 5.91 Å². The van der Waals surface area contributed by atoms with E-state index in [-0.39, 0.29) is 31.4 Å². The average molecular weight is 501 g/mol. The molecule has 0 aromatic heterocycles. The van der Waals surface area contributed by atoms with Gasteiger partial charge in [-0.1, -0.05) is 42.0 Å². The highest BCUT2D eigenvalue weighted by molar-refractivity contribution is 6.04. The van der Waals surface area contributed by atoms with Crippen molar-refractivity contribution in [3.63, 3.8) is 0 Å². The van der Waals surface area contributed by atoms with Crippen LogP contribution in [0.3, 0.4) is 0 Å². The van der Waals surface area contributed by atoms with Crippen LogP contribution in [0.4, 0.5) is 10.1 Å². The summed E-state index contributed by atoms with van der Waals surface area (Å²) in [5.74, 6) is -1.86. The van der Waals surface area contributed by atoms with Crippen molar-refractivity contribution in [2.45, 2.75) is 39.7 Å². The van der Waals surface area contributed by atoms with Gasteiger partial charge < -0.3 is 15.0 Å². The number of rotatable bonds is 7. The molecule has 37 heavy (non-hydrogen) atoms. The molecule has 1 unspecified atom stereocenters. The molecule has 0 aliphatic carbocycles. The van der Waals surface area contributed by atoms with Crippen LogP contribution in [0.5, 0.6) is 0 Å². The van der Waals surface area contributed by atoms with Gasteiger partial charge in [-0.05, 0) is 68.3 Å². The van der Waals surface area contributed by atoms with Crippen molar-refractivity contribution < 1.29 is 23.5 Å². The molecule has 1 aliphatic rings. The summed E-state index contributed by atoms with van der Waals surface area (Å²) in [6.45, 7) is 5.79. The van der Waals surface area contributed by atoms with E-state index < -0.39 is 17.7 Å². The van der Waals surface area contributed by atoms with Gasteiger partial charge in [0.2, 0.25) is 5.91 Å². The van der Waals surface area contributed by atoms with Crippen LogP contribution in [0.15, 0.2) is 84.1 Å². The Morgan fingerprint density at radius 1 is 1.03 bits per heavy atom. The number of ether oxygens (including phenoxy) is 1. The standard InChI is InChI=1S/C30H29FN2O4/c1-4-37-30(36)28-20(3)33(27(34)17-26(28)22-10-12-24(31)13-11-22)18-21-6-5-7-23(16-21)29(35)32-25-14-8-19(2)9-15-25/h5-16,26H,4,17-18H2,1-3H3,(H,32,35). The van der Waals surface area contributed by atoms with E-state index in [1.165, 1.54) is 12.1 Å². The van der Waals surface area contributed by atoms with Gasteiger partial charge >= 0.3 is 5.97 Å². The Labute approximate surface area is 215 Å². The third-order valence-electron chi connectivity index (χ3n) is 6.43. The highest BCUT2D eigenvalue weighted by atomic mass is 19.1. The number of nitrogens with zero attached hydrogens (tertiary/aromatic N) is 1. The zero-order valence-electron chi connectivity index (χ0n) is 21.1. The molecule has 0 saturated heterocycles. The Morgan fingerprint density at radius 3 is 2.41 bits per heavy atom. The zero-order valence-corrected chi connectivity index (χ0v) is 21.1. The highest BCUT2D eigenvalue weighted by Gasteiger charge is 2.37. The summed E-state index contributed by atoms with van der Waals surface area (Å²) in [5, 5.41) is 2.88. The first-order valence-electron chi connectivity index (χ1n) is 12.2. The van der Waals surface area contributed by atoms with Crippen molar-refractivity contribution in [1.82, 2.24) is 4.90 Å². The fraction of sp³-hybridized carbons (Fsp3) is 0.233. The number of carbonyl (C=O) groups excluding carboxylic acids is 3. The van der Waals surface area contributed by atoms with E-state index in [2.05, 4.69) is 5.32 Å². The van der Waals surface area contributed by atoms with Gasteiger partial charge in [0.15, 0.2) is 0 Å². The predicted octanol–water partition coefficient (Wildman–Crippen LogP) is 5.74. The van der Waals surface area contributed by atoms with Crippen LogP contribution in [0, 0.1) is 12.7 Å². The Morgan fingerprint density at radius 2 is 1.73 bits per heavy atom. The summed E-state index contributed by atoms with van der Waals surface area (Å²) in [5.41, 5.74) is 4.52. The number of carbonyl (C=O) groups is 3. The molecule has 0 spiro atoms. The Bertz CT molecular complexity index is 1350. The van der Waals surface area contributed by atoms with Crippen molar-refractivity contribution in [3.05, 3.63) is 112 Å². The van der Waals surface area contributed by atoms with Gasteiger partial charge in [-0.25, -0.2) is 9.18 Å². The molecule has 3 aromatic carbocycles. The lowest BCUT2D eigenvalue weighted by molar-refractivity contribution is -0.140. The number of benzene rings is 3. The van der Waals surface area contributed by atoms with Crippen LogP contribution in [-0.2, 0) is 20.9 Å². The van der Waals surface area contributed by atoms with Crippen molar-refractivity contribution in [2.24, 2.45) is 0 Å². The highest BCUT2D eigenvalue weighted by Crippen LogP contribution is 2.37. The molecule has 0 saturated carbocycles. The first-order chi connectivity index (χ1) is 17.8. The first kappa shape index (κ1) is 25.8. The maximum atomic E-state index is 13.5. The smallest absolute Gasteiger partial charge is 0.336 e. The zero-order chi connectivity index (χ0) is 26.5. The van der Waals surface area contributed by atoms with E-state index in [9.17, 15) is 18.8 Å². The van der Waals surface area contributed by atoms with Crippen LogP contribution in [0.2, 0.25) is 0 Å². The molecule has 190 valence electrons. The van der Waals surface area contributed by atoms with Gasteiger partial charge in [-0.15, -0.1) is 0 Å². The van der Waals surface area contributed by atoms with Crippen LogP contribution < -0.4 is 5.32 Å². The van der Waals surface area contributed by atoms with E-state index >= 15 is 0 Å². The summed E-state index contributed by atoms with van der Waals surface area (Å²) in [4.78, 5) is 40.6. The average Bonchev–Trinajstić information content (AvgIpc) is 2.88. The molecule has 4 rings (SSSR count). The second-order valence-corrected chi connectivity index (χ2v) is 9.03. The van der Waals surface area contributed by atoms with Gasteiger partial charge in [0.1, 0.15) is 5.82 Å². The maximum absolute atomic E-state index is 13.5. The lowest BCUT2D eigenvalue weighted by atomic mass is 9.83. The molecule has 1 atom stereocenters. The quantitative estimate of drug-likeness (QED) is 0.420. The molecule has 6 nitrogen and oxygen atoms in total. The molecule has 0 bridgehead atoms. The predicted molar refractivity (Wildman–Crippen MR) is 139 cm³/mol. The lowest BCUT2D eigenvalue weighted by Gasteiger charge is -2.34. The minimum atomic E-state index is -0.532. The van der Waals surface area contributed by atoms with E-state index in [0.29, 0.717) is 28.1 Å². The number of esters is 1. The molecular formula is C30H29FN2O4. The molecule has 3 aromatic rings. The van der Waals surface area contributed by atoms with Gasteiger partial charge in [-0.3, -0.25) is 9.59 Å². The topological polar surface area (TPSA) is 75.7 Å². The SMILES string of the molecule is CCOC(=O)C1=C(C)N(Cc2cccc(C(=O)Nc3ccc(C)cc3)c2)C(=O)CC1c1ccc(F)cc1. The fourth-order valence-electron chi connectivity index (χ4n) is 4.49. The van der Waals surface area contributed by atoms with E-state index in [1.807, 2.05) is 37.3 Å². The molecule has 7 heteroatoms. The van der Waals surface area contributed by atoms with Gasteiger partial charge in [0, 0.05) is 29.3 Å². The fourth-order valence-corrected chi connectivity index (χ4v) is 4.49. The Balaban J connectivity index is 1.61. The minimum Gasteiger partial charge on any atom is -0.463 e. The number of hydrogen-bond acceptors (Lipinski definition) is 4. The molecule has 1 N–H and O–H groups in total. The molecule has 2 amide bonds. The summed E-state index contributed by atoms with van der Waals surface area (Å²) in [6, 6.07) is 20.4. The Kier molecular flexibility index (Phi) is 7.82. The van der Waals surface area contributed by atoms with Gasteiger partial charge in [0.05, 0.1) is 18.7 Å². The summed E-state index contributed by atoms with van der Waals surface area (Å²) >= 11 is 0. The third-order valence-corrected chi connectivity index (χ3v) is 6.43. The van der Waals surface area contributed by atoms with E-state index in [4.69, 9.17) is 4.74 Å². The van der Waals surface area contributed by atoms with Crippen molar-refractivity contribution in [3.8, 4) is 0 Å². The monoisotopic (exact) mass is 500 g/mol. The van der Waals surface area contributed by atoms with E-state index in [1.54, 1.807) is 49.1 Å². The van der Waals surface area contributed by atoms with Crippen LogP contribution in [-0.4, -0.2) is 29.3 Å². The summed E-state index contributed by atoms with van der Waals surface area (Å²) < 4.78 is 18.8.